The van der Waals surface area contributed by atoms with E-state index in [4.69, 9.17) is 10.7 Å². The van der Waals surface area contributed by atoms with Crippen molar-refractivity contribution in [1.29, 1.82) is 0 Å². The summed E-state index contributed by atoms with van der Waals surface area (Å²) in [5.74, 6) is 1.14. The highest BCUT2D eigenvalue weighted by atomic mass is 15.0. The highest BCUT2D eigenvalue weighted by Gasteiger charge is 2.09. The highest BCUT2D eigenvalue weighted by Crippen LogP contribution is 2.14. The zero-order valence-electron chi connectivity index (χ0n) is 26.3. The van der Waals surface area contributed by atoms with Gasteiger partial charge in [-0.25, -0.2) is 0 Å². The molecule has 0 spiro atoms. The second-order valence-electron chi connectivity index (χ2n) is 12.2. The van der Waals surface area contributed by atoms with E-state index < -0.39 is 0 Å². The van der Waals surface area contributed by atoms with Crippen LogP contribution in [0.5, 0.6) is 0 Å². The van der Waals surface area contributed by atoms with Gasteiger partial charge in [-0.2, -0.15) is 0 Å². The first-order chi connectivity index (χ1) is 18.1. The molecule has 3 heteroatoms. The van der Waals surface area contributed by atoms with Gasteiger partial charge in [0.15, 0.2) is 0 Å². The number of hydrogen-bond acceptors (Lipinski definition) is 2. The van der Waals surface area contributed by atoms with E-state index in [0.29, 0.717) is 6.04 Å². The van der Waals surface area contributed by atoms with Crippen LogP contribution in [0.1, 0.15) is 195 Å². The van der Waals surface area contributed by atoms with E-state index in [2.05, 4.69) is 33.0 Å². The lowest BCUT2D eigenvalue weighted by atomic mass is 10.0. The molecular weight excluding hydrogens is 450 g/mol. The van der Waals surface area contributed by atoms with E-state index >= 15 is 0 Å². The molecule has 0 saturated heterocycles. The summed E-state index contributed by atoms with van der Waals surface area (Å²) in [7, 11) is 0. The highest BCUT2D eigenvalue weighted by molar-refractivity contribution is 5.83. The monoisotopic (exact) mass is 522 g/mol. The van der Waals surface area contributed by atoms with E-state index in [1.165, 1.54) is 154 Å². The first-order valence-corrected chi connectivity index (χ1v) is 17.2. The van der Waals surface area contributed by atoms with Gasteiger partial charge >= 0.3 is 0 Å². The first kappa shape index (κ1) is 36.4. The van der Waals surface area contributed by atoms with Crippen molar-refractivity contribution in [2.24, 2.45) is 10.7 Å². The van der Waals surface area contributed by atoms with Crippen LogP contribution in [0, 0.1) is 0 Å². The van der Waals surface area contributed by atoms with Crippen LogP contribution in [-0.4, -0.2) is 24.5 Å². The summed E-state index contributed by atoms with van der Waals surface area (Å²) >= 11 is 0. The van der Waals surface area contributed by atoms with Crippen molar-refractivity contribution in [3.05, 3.63) is 0 Å². The molecule has 222 valence electrons. The average molecular weight is 522 g/mol. The molecule has 37 heavy (non-hydrogen) atoms. The number of nitrogens with one attached hydrogen (secondary N) is 1. The third kappa shape index (κ3) is 29.8. The standard InChI is InChI=1S/C34H71N3/c1-5-7-9-11-13-15-17-19-21-23-25-27-29-33(35)31-34(37-32(3)4)36-30-28-26-24-22-20-18-16-14-12-10-8-6-2/h32-33H,5-31,35H2,1-4H3,(H,36,37). The zero-order chi connectivity index (χ0) is 27.2. The summed E-state index contributed by atoms with van der Waals surface area (Å²) in [6.45, 7) is 9.95. The molecule has 0 radical (unpaired) electrons. The lowest BCUT2D eigenvalue weighted by Crippen LogP contribution is -2.36. The van der Waals surface area contributed by atoms with Gasteiger partial charge in [-0.15, -0.1) is 0 Å². The van der Waals surface area contributed by atoms with Crippen molar-refractivity contribution in [2.45, 2.75) is 207 Å². The molecule has 0 aliphatic heterocycles. The molecule has 0 amide bonds. The van der Waals surface area contributed by atoms with Gasteiger partial charge in [0.05, 0.1) is 5.84 Å². The van der Waals surface area contributed by atoms with E-state index in [1.807, 2.05) is 0 Å². The van der Waals surface area contributed by atoms with Crippen LogP contribution in [0.4, 0.5) is 0 Å². The Labute approximate surface area is 235 Å². The van der Waals surface area contributed by atoms with Gasteiger partial charge in [-0.3, -0.25) is 4.99 Å². The molecule has 0 aromatic carbocycles. The molecule has 0 heterocycles. The lowest BCUT2D eigenvalue weighted by Gasteiger charge is -2.17. The fraction of sp³-hybridized carbons (Fsp3) is 0.971. The largest absolute Gasteiger partial charge is 0.372 e. The quantitative estimate of drug-likeness (QED) is 0.0584. The summed E-state index contributed by atoms with van der Waals surface area (Å²) in [6.07, 6.45) is 35.6. The number of hydrogen-bond donors (Lipinski definition) is 2. The summed E-state index contributed by atoms with van der Waals surface area (Å²) in [6, 6.07) is 0.676. The van der Waals surface area contributed by atoms with E-state index in [-0.39, 0.29) is 6.04 Å². The average Bonchev–Trinajstić information content (AvgIpc) is 2.87. The van der Waals surface area contributed by atoms with E-state index in [1.54, 1.807) is 0 Å². The number of rotatable bonds is 29. The van der Waals surface area contributed by atoms with Gasteiger partial charge < -0.3 is 11.1 Å². The van der Waals surface area contributed by atoms with E-state index in [0.717, 1.165) is 25.2 Å². The summed E-state index contributed by atoms with van der Waals surface area (Å²) in [5, 5.41) is 3.57. The Kier molecular flexibility index (Phi) is 29.5. The van der Waals surface area contributed by atoms with Crippen LogP contribution in [0.2, 0.25) is 0 Å². The molecule has 3 nitrogen and oxygen atoms in total. The Morgan fingerprint density at radius 3 is 1.27 bits per heavy atom. The Hall–Kier alpha value is -0.570. The Bertz CT molecular complexity index is 460. The minimum Gasteiger partial charge on any atom is -0.372 e. The van der Waals surface area contributed by atoms with Crippen LogP contribution < -0.4 is 11.1 Å². The topological polar surface area (TPSA) is 50.4 Å². The summed E-state index contributed by atoms with van der Waals surface area (Å²) in [4.78, 5) is 4.92. The fourth-order valence-corrected chi connectivity index (χ4v) is 5.27. The number of nitrogens with two attached hydrogens (primary N) is 1. The maximum atomic E-state index is 6.50. The SMILES string of the molecule is CCCCCCCCCCCCCCN=C(CC(N)CCCCCCCCCCCCCC)NC(C)C. The second-order valence-corrected chi connectivity index (χ2v) is 12.2. The zero-order valence-corrected chi connectivity index (χ0v) is 26.3. The van der Waals surface area contributed by atoms with Crippen LogP contribution in [0.15, 0.2) is 4.99 Å². The third-order valence-corrected chi connectivity index (χ3v) is 7.65. The molecule has 0 rings (SSSR count). The first-order valence-electron chi connectivity index (χ1n) is 17.2. The van der Waals surface area contributed by atoms with Crippen molar-refractivity contribution in [3.8, 4) is 0 Å². The molecule has 0 aliphatic carbocycles. The van der Waals surface area contributed by atoms with Crippen molar-refractivity contribution >= 4 is 5.84 Å². The lowest BCUT2D eigenvalue weighted by molar-refractivity contribution is 0.519. The normalized spacial score (nSPS) is 13.0. The molecule has 0 bridgehead atoms. The fourth-order valence-electron chi connectivity index (χ4n) is 5.27. The van der Waals surface area contributed by atoms with Gasteiger partial charge in [0.1, 0.15) is 0 Å². The molecule has 0 aromatic rings. The van der Waals surface area contributed by atoms with Gasteiger partial charge in [0.2, 0.25) is 0 Å². The van der Waals surface area contributed by atoms with Crippen molar-refractivity contribution < 1.29 is 0 Å². The van der Waals surface area contributed by atoms with Crippen LogP contribution in [0.25, 0.3) is 0 Å². The van der Waals surface area contributed by atoms with Gasteiger partial charge in [-0.05, 0) is 26.7 Å². The molecule has 1 unspecified atom stereocenters. The van der Waals surface area contributed by atoms with Gasteiger partial charge in [0.25, 0.3) is 0 Å². The maximum Gasteiger partial charge on any atom is 0.0980 e. The summed E-state index contributed by atoms with van der Waals surface area (Å²) in [5.41, 5.74) is 6.50. The summed E-state index contributed by atoms with van der Waals surface area (Å²) < 4.78 is 0. The van der Waals surface area contributed by atoms with Crippen molar-refractivity contribution in [1.82, 2.24) is 5.32 Å². The van der Waals surface area contributed by atoms with Crippen LogP contribution in [0.3, 0.4) is 0 Å². The number of nitrogens with zero attached hydrogens (tertiary/aromatic N) is 1. The molecule has 1 atom stereocenters. The molecule has 0 aliphatic rings. The van der Waals surface area contributed by atoms with Gasteiger partial charge in [-0.1, -0.05) is 162 Å². The number of amidine groups is 1. The minimum absolute atomic E-state index is 0.245. The molecule has 3 N–H and O–H groups in total. The minimum atomic E-state index is 0.245. The maximum absolute atomic E-state index is 6.50. The predicted molar refractivity (Wildman–Crippen MR) is 170 cm³/mol. The predicted octanol–water partition coefficient (Wildman–Crippen LogP) is 10.9. The molecular formula is C34H71N3. The number of unbranched alkanes of at least 4 members (excludes halogenated alkanes) is 22. The third-order valence-electron chi connectivity index (χ3n) is 7.65. The molecule has 0 aromatic heterocycles. The molecule has 0 fully saturated rings. The molecule has 0 saturated carbocycles. The van der Waals surface area contributed by atoms with Gasteiger partial charge in [0, 0.05) is 25.0 Å². The van der Waals surface area contributed by atoms with E-state index in [9.17, 15) is 0 Å². The Balaban J connectivity index is 3.74. The second kappa shape index (κ2) is 30.0. The Morgan fingerprint density at radius 1 is 0.541 bits per heavy atom. The smallest absolute Gasteiger partial charge is 0.0980 e. The van der Waals surface area contributed by atoms with Crippen molar-refractivity contribution in [3.63, 3.8) is 0 Å². The van der Waals surface area contributed by atoms with Crippen LogP contribution >= 0.6 is 0 Å². The number of aliphatic imine (C=N–C) groups is 1. The van der Waals surface area contributed by atoms with Crippen LogP contribution in [-0.2, 0) is 0 Å². The van der Waals surface area contributed by atoms with Crippen molar-refractivity contribution in [2.75, 3.05) is 6.54 Å². The Morgan fingerprint density at radius 2 is 0.892 bits per heavy atom.